The summed E-state index contributed by atoms with van der Waals surface area (Å²) in [4.78, 5) is 11.8. The smallest absolute Gasteiger partial charge is 0.337 e. The number of benzene rings is 2. The highest BCUT2D eigenvalue weighted by atomic mass is 16.5. The minimum absolute atomic E-state index is 0.263. The van der Waals surface area contributed by atoms with E-state index in [1.165, 1.54) is 23.8 Å². The molecule has 0 fully saturated rings. The van der Waals surface area contributed by atoms with Crippen molar-refractivity contribution in [3.63, 3.8) is 0 Å². The van der Waals surface area contributed by atoms with Gasteiger partial charge in [0.15, 0.2) is 0 Å². The lowest BCUT2D eigenvalue weighted by atomic mass is 9.71. The summed E-state index contributed by atoms with van der Waals surface area (Å²) in [6.07, 6.45) is 2.13. The van der Waals surface area contributed by atoms with Crippen molar-refractivity contribution in [2.45, 2.75) is 18.8 Å². The first-order chi connectivity index (χ1) is 11.2. The normalized spacial score (nSPS) is 19.9. The van der Waals surface area contributed by atoms with Gasteiger partial charge in [0.1, 0.15) is 0 Å². The van der Waals surface area contributed by atoms with Crippen LogP contribution in [-0.2, 0) is 11.2 Å². The molecule has 3 heteroatoms. The van der Waals surface area contributed by atoms with Crippen molar-refractivity contribution in [2.75, 3.05) is 20.7 Å². The quantitative estimate of drug-likeness (QED) is 0.880. The molecule has 1 aliphatic rings. The second-order valence-corrected chi connectivity index (χ2v) is 6.15. The van der Waals surface area contributed by atoms with E-state index in [0.717, 1.165) is 19.4 Å². The standard InChI is InChI=1S/C20H23NO2/c1-21-13-17-9-8-15-12-16(20(22)23-2)10-11-18(15)19(17)14-6-4-3-5-7-14/h3-7,10-12,17,19,21H,8-9,13H2,1-2H3/t17-,19+/m0/s1. The van der Waals surface area contributed by atoms with Gasteiger partial charge in [0.2, 0.25) is 0 Å². The third-order valence-electron chi connectivity index (χ3n) is 4.78. The molecule has 2 aromatic carbocycles. The van der Waals surface area contributed by atoms with Gasteiger partial charge in [0, 0.05) is 5.92 Å². The molecular weight excluding hydrogens is 286 g/mol. The van der Waals surface area contributed by atoms with E-state index in [0.29, 0.717) is 17.4 Å². The fourth-order valence-electron chi connectivity index (χ4n) is 3.73. The van der Waals surface area contributed by atoms with Crippen LogP contribution in [0.5, 0.6) is 0 Å². The number of ether oxygens (including phenoxy) is 1. The Morgan fingerprint density at radius 3 is 2.70 bits per heavy atom. The van der Waals surface area contributed by atoms with Gasteiger partial charge in [0.05, 0.1) is 12.7 Å². The van der Waals surface area contributed by atoms with E-state index in [4.69, 9.17) is 4.74 Å². The van der Waals surface area contributed by atoms with Gasteiger partial charge in [-0.05, 0) is 61.2 Å². The molecule has 0 radical (unpaired) electrons. The summed E-state index contributed by atoms with van der Waals surface area (Å²) >= 11 is 0. The highest BCUT2D eigenvalue weighted by Gasteiger charge is 2.30. The topological polar surface area (TPSA) is 38.3 Å². The molecule has 1 N–H and O–H groups in total. The number of hydrogen-bond acceptors (Lipinski definition) is 3. The summed E-state index contributed by atoms with van der Waals surface area (Å²) < 4.78 is 4.85. The Bertz CT molecular complexity index is 681. The molecule has 0 unspecified atom stereocenters. The average Bonchev–Trinajstić information content (AvgIpc) is 2.61. The van der Waals surface area contributed by atoms with E-state index < -0.39 is 0 Å². The Labute approximate surface area is 137 Å². The van der Waals surface area contributed by atoms with Gasteiger partial charge in [-0.1, -0.05) is 36.4 Å². The highest BCUT2D eigenvalue weighted by Crippen LogP contribution is 2.40. The first kappa shape index (κ1) is 15.8. The molecular formula is C20H23NO2. The molecule has 0 spiro atoms. The lowest BCUT2D eigenvalue weighted by Gasteiger charge is -2.34. The van der Waals surface area contributed by atoms with Crippen molar-refractivity contribution in [1.29, 1.82) is 0 Å². The SMILES string of the molecule is CNC[C@@H]1CCc2cc(C(=O)OC)ccc2[C@@H]1c1ccccc1. The minimum Gasteiger partial charge on any atom is -0.465 e. The van der Waals surface area contributed by atoms with Crippen LogP contribution in [0.15, 0.2) is 48.5 Å². The van der Waals surface area contributed by atoms with Crippen LogP contribution in [0.1, 0.15) is 39.4 Å². The van der Waals surface area contributed by atoms with Gasteiger partial charge in [-0.2, -0.15) is 0 Å². The Morgan fingerprint density at radius 1 is 1.22 bits per heavy atom. The fourth-order valence-corrected chi connectivity index (χ4v) is 3.73. The summed E-state index contributed by atoms with van der Waals surface area (Å²) in [5.74, 6) is 0.680. The van der Waals surface area contributed by atoms with E-state index in [1.54, 1.807) is 0 Å². The number of carbonyl (C=O) groups is 1. The Balaban J connectivity index is 2.03. The molecule has 1 aliphatic carbocycles. The molecule has 0 heterocycles. The number of hydrogen-bond donors (Lipinski definition) is 1. The maximum atomic E-state index is 11.8. The Hall–Kier alpha value is -2.13. The van der Waals surface area contributed by atoms with Gasteiger partial charge < -0.3 is 10.1 Å². The van der Waals surface area contributed by atoms with Crippen LogP contribution in [0.2, 0.25) is 0 Å². The summed E-state index contributed by atoms with van der Waals surface area (Å²) in [5.41, 5.74) is 4.61. The molecule has 0 bridgehead atoms. The average molecular weight is 309 g/mol. The maximum absolute atomic E-state index is 11.8. The van der Waals surface area contributed by atoms with Gasteiger partial charge in [-0.3, -0.25) is 0 Å². The van der Waals surface area contributed by atoms with Crippen molar-refractivity contribution in [1.82, 2.24) is 5.32 Å². The molecule has 0 amide bonds. The molecule has 23 heavy (non-hydrogen) atoms. The van der Waals surface area contributed by atoms with Gasteiger partial charge in [0.25, 0.3) is 0 Å². The number of esters is 1. The van der Waals surface area contributed by atoms with Crippen LogP contribution in [0, 0.1) is 5.92 Å². The molecule has 3 rings (SSSR count). The van der Waals surface area contributed by atoms with Crippen LogP contribution >= 0.6 is 0 Å². The monoisotopic (exact) mass is 309 g/mol. The van der Waals surface area contributed by atoms with Gasteiger partial charge >= 0.3 is 5.97 Å². The number of rotatable bonds is 4. The predicted molar refractivity (Wildman–Crippen MR) is 91.8 cm³/mol. The van der Waals surface area contributed by atoms with E-state index in [2.05, 4.69) is 41.7 Å². The predicted octanol–water partition coefficient (Wildman–Crippen LogP) is 3.39. The van der Waals surface area contributed by atoms with Crippen LogP contribution in [0.3, 0.4) is 0 Å². The maximum Gasteiger partial charge on any atom is 0.337 e. The first-order valence-electron chi connectivity index (χ1n) is 8.15. The highest BCUT2D eigenvalue weighted by molar-refractivity contribution is 5.89. The molecule has 3 nitrogen and oxygen atoms in total. The lowest BCUT2D eigenvalue weighted by molar-refractivity contribution is 0.0600. The van der Waals surface area contributed by atoms with Crippen molar-refractivity contribution < 1.29 is 9.53 Å². The second kappa shape index (κ2) is 6.97. The van der Waals surface area contributed by atoms with Crippen molar-refractivity contribution in [3.05, 3.63) is 70.8 Å². The van der Waals surface area contributed by atoms with Crippen LogP contribution in [0.4, 0.5) is 0 Å². The third-order valence-corrected chi connectivity index (χ3v) is 4.78. The van der Waals surface area contributed by atoms with E-state index in [1.807, 2.05) is 19.2 Å². The largest absolute Gasteiger partial charge is 0.465 e. The van der Waals surface area contributed by atoms with E-state index >= 15 is 0 Å². The molecule has 120 valence electrons. The molecule has 0 saturated heterocycles. The number of methoxy groups -OCH3 is 1. The van der Waals surface area contributed by atoms with Crippen LogP contribution < -0.4 is 5.32 Å². The van der Waals surface area contributed by atoms with Crippen LogP contribution in [-0.4, -0.2) is 26.7 Å². The third kappa shape index (κ3) is 3.15. The van der Waals surface area contributed by atoms with Crippen LogP contribution in [0.25, 0.3) is 0 Å². The second-order valence-electron chi connectivity index (χ2n) is 6.15. The zero-order valence-corrected chi connectivity index (χ0v) is 13.7. The summed E-state index contributed by atoms with van der Waals surface area (Å²) in [5, 5.41) is 3.33. The Morgan fingerprint density at radius 2 is 2.00 bits per heavy atom. The van der Waals surface area contributed by atoms with E-state index in [9.17, 15) is 4.79 Å². The molecule has 0 saturated carbocycles. The van der Waals surface area contributed by atoms with Gasteiger partial charge in [-0.15, -0.1) is 0 Å². The number of carbonyl (C=O) groups excluding carboxylic acids is 1. The van der Waals surface area contributed by atoms with Crippen molar-refractivity contribution in [3.8, 4) is 0 Å². The summed E-state index contributed by atoms with van der Waals surface area (Å²) in [6, 6.07) is 16.7. The summed E-state index contributed by atoms with van der Waals surface area (Å²) in [7, 11) is 3.44. The first-order valence-corrected chi connectivity index (χ1v) is 8.15. The molecule has 2 atom stereocenters. The number of fused-ring (bicyclic) bond motifs is 1. The fraction of sp³-hybridized carbons (Fsp3) is 0.350. The zero-order chi connectivity index (χ0) is 16.2. The minimum atomic E-state index is -0.263. The number of aryl methyl sites for hydroxylation is 1. The Kier molecular flexibility index (Phi) is 4.77. The zero-order valence-electron chi connectivity index (χ0n) is 13.7. The lowest BCUT2D eigenvalue weighted by Crippen LogP contribution is -2.30. The molecule has 0 aromatic heterocycles. The van der Waals surface area contributed by atoms with Crippen molar-refractivity contribution >= 4 is 5.97 Å². The molecule has 0 aliphatic heterocycles. The molecule has 2 aromatic rings. The number of nitrogens with one attached hydrogen (secondary N) is 1. The van der Waals surface area contributed by atoms with E-state index in [-0.39, 0.29) is 5.97 Å². The summed E-state index contributed by atoms with van der Waals surface area (Å²) in [6.45, 7) is 0.998. The van der Waals surface area contributed by atoms with Gasteiger partial charge in [-0.25, -0.2) is 4.79 Å². The van der Waals surface area contributed by atoms with Crippen molar-refractivity contribution in [2.24, 2.45) is 5.92 Å².